The van der Waals surface area contributed by atoms with E-state index in [1.807, 2.05) is 45.0 Å². The molecule has 0 radical (unpaired) electrons. The molecule has 2 aromatic rings. The van der Waals surface area contributed by atoms with Gasteiger partial charge in [0.15, 0.2) is 0 Å². The van der Waals surface area contributed by atoms with Gasteiger partial charge in [0.25, 0.3) is 0 Å². The number of piperidine rings is 1. The van der Waals surface area contributed by atoms with E-state index in [4.69, 9.17) is 18.6 Å². The number of hydrogen-bond acceptors (Lipinski definition) is 7. The minimum absolute atomic E-state index is 0.222. The summed E-state index contributed by atoms with van der Waals surface area (Å²) in [5, 5.41) is 3.19. The Kier molecular flexibility index (Phi) is 7.43. The van der Waals surface area contributed by atoms with Crippen LogP contribution in [0.15, 0.2) is 34.5 Å². The maximum atomic E-state index is 12.2. The predicted molar refractivity (Wildman–Crippen MR) is 116 cm³/mol. The van der Waals surface area contributed by atoms with Gasteiger partial charge in [-0.1, -0.05) is 0 Å². The van der Waals surface area contributed by atoms with Gasteiger partial charge in [-0.15, -0.1) is 11.3 Å². The van der Waals surface area contributed by atoms with Crippen molar-refractivity contribution in [1.29, 1.82) is 0 Å². The average molecular weight is 437 g/mol. The molecule has 3 rings (SSSR count). The normalized spacial score (nSPS) is 15.4. The van der Waals surface area contributed by atoms with Crippen LogP contribution in [-0.2, 0) is 15.5 Å². The highest BCUT2D eigenvalue weighted by Gasteiger charge is 2.28. The van der Waals surface area contributed by atoms with Crippen LogP contribution in [0.4, 0.5) is 4.79 Å². The molecule has 8 heteroatoms. The van der Waals surface area contributed by atoms with Crippen LogP contribution in [0, 0.1) is 0 Å². The third-order valence-corrected chi connectivity index (χ3v) is 6.24. The van der Waals surface area contributed by atoms with Crippen LogP contribution in [0.25, 0.3) is 0 Å². The SMILES string of the molecule is COc1ccc(SOCc2csc(C3CCN(C(=O)OC(C)(C)C)CC3)n2)cc1. The molecule has 0 atom stereocenters. The zero-order chi connectivity index (χ0) is 20.9. The number of thiazole rings is 1. The first-order chi connectivity index (χ1) is 13.8. The first-order valence-corrected chi connectivity index (χ1v) is 11.3. The van der Waals surface area contributed by atoms with E-state index in [0.717, 1.165) is 34.2 Å². The summed E-state index contributed by atoms with van der Waals surface area (Å²) in [6.45, 7) is 7.55. The third kappa shape index (κ3) is 6.62. The molecule has 0 aliphatic carbocycles. The maximum Gasteiger partial charge on any atom is 0.410 e. The summed E-state index contributed by atoms with van der Waals surface area (Å²) in [4.78, 5) is 19.8. The summed E-state index contributed by atoms with van der Waals surface area (Å²) in [6.07, 6.45) is 1.60. The largest absolute Gasteiger partial charge is 0.497 e. The molecule has 1 aliphatic rings. The Labute approximate surface area is 180 Å². The molecule has 1 amide bonds. The molecular formula is C21H28N2O4S2. The molecule has 29 heavy (non-hydrogen) atoms. The van der Waals surface area contributed by atoms with Crippen LogP contribution >= 0.6 is 23.4 Å². The lowest BCUT2D eigenvalue weighted by Crippen LogP contribution is -2.41. The molecule has 158 valence electrons. The first kappa shape index (κ1) is 21.9. The summed E-state index contributed by atoms with van der Waals surface area (Å²) >= 11 is 3.01. The Morgan fingerprint density at radius 3 is 2.55 bits per heavy atom. The number of carbonyl (C=O) groups is 1. The van der Waals surface area contributed by atoms with Gasteiger partial charge in [0.1, 0.15) is 18.0 Å². The quantitative estimate of drug-likeness (QED) is 0.558. The van der Waals surface area contributed by atoms with Crippen LogP contribution in [0.3, 0.4) is 0 Å². The highest BCUT2D eigenvalue weighted by atomic mass is 32.2. The van der Waals surface area contributed by atoms with Crippen molar-refractivity contribution in [3.05, 3.63) is 40.3 Å². The van der Waals surface area contributed by atoms with Gasteiger partial charge in [-0.3, -0.25) is 0 Å². The second-order valence-corrected chi connectivity index (χ2v) is 9.70. The number of ether oxygens (including phenoxy) is 2. The Balaban J connectivity index is 1.43. The number of likely N-dealkylation sites (tertiary alicyclic amines) is 1. The fourth-order valence-electron chi connectivity index (χ4n) is 3.00. The van der Waals surface area contributed by atoms with Crippen molar-refractivity contribution in [2.75, 3.05) is 20.2 Å². The summed E-state index contributed by atoms with van der Waals surface area (Å²) in [5.74, 6) is 1.22. The van der Waals surface area contributed by atoms with Gasteiger partial charge in [0.05, 0.1) is 17.8 Å². The molecule has 0 spiro atoms. The fourth-order valence-corrected chi connectivity index (χ4v) is 4.54. The van der Waals surface area contributed by atoms with E-state index < -0.39 is 5.60 Å². The van der Waals surface area contributed by atoms with Crippen LogP contribution in [0.5, 0.6) is 5.75 Å². The second kappa shape index (κ2) is 9.82. The van der Waals surface area contributed by atoms with E-state index in [1.165, 1.54) is 12.0 Å². The van der Waals surface area contributed by atoms with Gasteiger partial charge < -0.3 is 18.6 Å². The summed E-state index contributed by atoms with van der Waals surface area (Å²) in [6, 6.07) is 7.76. The van der Waals surface area contributed by atoms with Gasteiger partial charge in [-0.25, -0.2) is 9.78 Å². The summed E-state index contributed by atoms with van der Waals surface area (Å²) in [5.41, 5.74) is 0.489. The van der Waals surface area contributed by atoms with Crippen molar-refractivity contribution >= 4 is 29.5 Å². The zero-order valence-electron chi connectivity index (χ0n) is 17.3. The van der Waals surface area contributed by atoms with Crippen molar-refractivity contribution in [2.24, 2.45) is 0 Å². The maximum absolute atomic E-state index is 12.2. The lowest BCUT2D eigenvalue weighted by molar-refractivity contribution is 0.0205. The van der Waals surface area contributed by atoms with Crippen molar-refractivity contribution < 1.29 is 18.5 Å². The molecular weight excluding hydrogens is 408 g/mol. The number of aromatic nitrogens is 1. The third-order valence-electron chi connectivity index (χ3n) is 4.49. The number of methoxy groups -OCH3 is 1. The van der Waals surface area contributed by atoms with E-state index in [9.17, 15) is 4.79 Å². The van der Waals surface area contributed by atoms with Gasteiger partial charge in [-0.05, 0) is 57.9 Å². The molecule has 0 bridgehead atoms. The van der Waals surface area contributed by atoms with Crippen molar-refractivity contribution in [1.82, 2.24) is 9.88 Å². The zero-order valence-corrected chi connectivity index (χ0v) is 19.0. The Hall–Kier alpha value is -1.77. The number of carbonyl (C=O) groups excluding carboxylic acids is 1. The van der Waals surface area contributed by atoms with Crippen molar-refractivity contribution in [2.45, 2.75) is 56.6 Å². The standard InChI is InChI=1S/C21H28N2O4S2/c1-21(2,3)27-20(24)23-11-9-15(10-12-23)19-22-16(14-28-19)13-26-29-18-7-5-17(25-4)6-8-18/h5-8,14-15H,9-13H2,1-4H3. The number of nitrogens with zero attached hydrogens (tertiary/aromatic N) is 2. The van der Waals surface area contributed by atoms with Gasteiger partial charge >= 0.3 is 6.09 Å². The van der Waals surface area contributed by atoms with Gasteiger partial charge in [0.2, 0.25) is 0 Å². The second-order valence-electron chi connectivity index (χ2n) is 7.94. The van der Waals surface area contributed by atoms with Crippen LogP contribution in [-0.4, -0.2) is 41.8 Å². The van der Waals surface area contributed by atoms with Crippen LogP contribution in [0.1, 0.15) is 50.2 Å². The lowest BCUT2D eigenvalue weighted by Gasteiger charge is -2.32. The Bertz CT molecular complexity index is 794. The number of amides is 1. The Morgan fingerprint density at radius 1 is 1.24 bits per heavy atom. The van der Waals surface area contributed by atoms with Crippen molar-refractivity contribution in [3.8, 4) is 5.75 Å². The molecule has 0 saturated carbocycles. The molecule has 1 fully saturated rings. The van der Waals surface area contributed by atoms with Crippen molar-refractivity contribution in [3.63, 3.8) is 0 Å². The number of benzene rings is 1. The predicted octanol–water partition coefficient (Wildman–Crippen LogP) is 5.49. The van der Waals surface area contributed by atoms with Crippen LogP contribution < -0.4 is 4.74 Å². The van der Waals surface area contributed by atoms with Gasteiger partial charge in [-0.2, -0.15) is 0 Å². The molecule has 1 aliphatic heterocycles. The summed E-state index contributed by atoms with van der Waals surface area (Å²) in [7, 11) is 1.65. The number of rotatable bonds is 6. The average Bonchev–Trinajstić information content (AvgIpc) is 3.16. The smallest absolute Gasteiger partial charge is 0.410 e. The van der Waals surface area contributed by atoms with Gasteiger partial charge in [0, 0.05) is 41.3 Å². The van der Waals surface area contributed by atoms with E-state index in [1.54, 1.807) is 23.3 Å². The monoisotopic (exact) mass is 436 g/mol. The molecule has 1 aromatic heterocycles. The molecule has 1 saturated heterocycles. The topological polar surface area (TPSA) is 60.9 Å². The molecule has 6 nitrogen and oxygen atoms in total. The highest BCUT2D eigenvalue weighted by molar-refractivity contribution is 7.94. The molecule has 2 heterocycles. The molecule has 0 unspecified atom stereocenters. The van der Waals surface area contributed by atoms with E-state index in [2.05, 4.69) is 5.38 Å². The summed E-state index contributed by atoms with van der Waals surface area (Å²) < 4.78 is 16.3. The lowest BCUT2D eigenvalue weighted by atomic mass is 9.98. The molecule has 1 aromatic carbocycles. The van der Waals surface area contributed by atoms with Crippen LogP contribution in [0.2, 0.25) is 0 Å². The van der Waals surface area contributed by atoms with E-state index in [0.29, 0.717) is 25.6 Å². The highest BCUT2D eigenvalue weighted by Crippen LogP contribution is 2.31. The number of hydrogen-bond donors (Lipinski definition) is 0. The van der Waals surface area contributed by atoms with E-state index in [-0.39, 0.29) is 6.09 Å². The minimum atomic E-state index is -0.456. The van der Waals surface area contributed by atoms with E-state index >= 15 is 0 Å². The minimum Gasteiger partial charge on any atom is -0.497 e. The Morgan fingerprint density at radius 2 is 1.93 bits per heavy atom. The molecule has 0 N–H and O–H groups in total. The fraction of sp³-hybridized carbons (Fsp3) is 0.524. The first-order valence-electron chi connectivity index (χ1n) is 9.70.